The van der Waals surface area contributed by atoms with Gasteiger partial charge in [0.25, 0.3) is 5.91 Å². The Morgan fingerprint density at radius 1 is 1.40 bits per heavy atom. The Bertz CT molecular complexity index is 492. The molecule has 0 radical (unpaired) electrons. The summed E-state index contributed by atoms with van der Waals surface area (Å²) in [4.78, 5) is 26.1. The van der Waals surface area contributed by atoms with Gasteiger partial charge in [0.1, 0.15) is 6.04 Å². The lowest BCUT2D eigenvalue weighted by Gasteiger charge is -2.33. The second kappa shape index (κ2) is 7.31. The molecule has 0 N–H and O–H groups in total. The molecule has 108 valence electrons. The van der Waals surface area contributed by atoms with Crippen LogP contribution >= 0.6 is 34.4 Å². The monoisotopic (exact) mass is 405 g/mol. The third-order valence-corrected chi connectivity index (χ3v) is 4.78. The van der Waals surface area contributed by atoms with E-state index in [2.05, 4.69) is 22.6 Å². The number of esters is 1. The fourth-order valence-corrected chi connectivity index (χ4v) is 3.43. The van der Waals surface area contributed by atoms with E-state index >= 15 is 0 Å². The van der Waals surface area contributed by atoms with Gasteiger partial charge in [0.15, 0.2) is 0 Å². The predicted octanol–water partition coefficient (Wildman–Crippen LogP) is 2.41. The molecule has 0 saturated carbocycles. The number of benzene rings is 1. The number of amides is 1. The summed E-state index contributed by atoms with van der Waals surface area (Å²) in [6.07, 6.45) is 0. The van der Waals surface area contributed by atoms with Crippen LogP contribution in [0.4, 0.5) is 0 Å². The Morgan fingerprint density at radius 2 is 2.10 bits per heavy atom. The highest BCUT2D eigenvalue weighted by atomic mass is 127. The van der Waals surface area contributed by atoms with E-state index in [4.69, 9.17) is 4.74 Å². The normalized spacial score (nSPS) is 18.7. The number of nitrogens with zero attached hydrogens (tertiary/aromatic N) is 1. The van der Waals surface area contributed by atoms with Gasteiger partial charge in [0.05, 0.1) is 6.61 Å². The first-order valence-electron chi connectivity index (χ1n) is 6.44. The first kappa shape index (κ1) is 15.6. The summed E-state index contributed by atoms with van der Waals surface area (Å²) in [5, 5.41) is 0. The number of rotatable bonds is 3. The van der Waals surface area contributed by atoms with E-state index in [0.717, 1.165) is 9.32 Å². The van der Waals surface area contributed by atoms with Crippen molar-refractivity contribution in [2.75, 3.05) is 24.7 Å². The highest BCUT2D eigenvalue weighted by Gasteiger charge is 2.33. The van der Waals surface area contributed by atoms with Crippen molar-refractivity contribution in [2.45, 2.75) is 13.0 Å². The molecule has 1 aromatic carbocycles. The van der Waals surface area contributed by atoms with Crippen LogP contribution in [0.2, 0.25) is 0 Å². The first-order valence-corrected chi connectivity index (χ1v) is 8.67. The Kier molecular flexibility index (Phi) is 5.71. The molecule has 1 fully saturated rings. The van der Waals surface area contributed by atoms with Crippen LogP contribution in [-0.2, 0) is 9.53 Å². The van der Waals surface area contributed by atoms with Crippen molar-refractivity contribution in [1.82, 2.24) is 4.90 Å². The van der Waals surface area contributed by atoms with Crippen LogP contribution < -0.4 is 0 Å². The van der Waals surface area contributed by atoms with Crippen LogP contribution in [0.25, 0.3) is 0 Å². The highest BCUT2D eigenvalue weighted by molar-refractivity contribution is 14.1. The fourth-order valence-electron chi connectivity index (χ4n) is 2.04. The predicted molar refractivity (Wildman–Crippen MR) is 87.9 cm³/mol. The first-order chi connectivity index (χ1) is 9.63. The van der Waals surface area contributed by atoms with Crippen LogP contribution in [0.15, 0.2) is 24.3 Å². The lowest BCUT2D eigenvalue weighted by atomic mass is 10.1. The minimum atomic E-state index is -0.472. The van der Waals surface area contributed by atoms with Gasteiger partial charge in [-0.15, -0.1) is 0 Å². The van der Waals surface area contributed by atoms with Crippen LogP contribution in [0, 0.1) is 3.57 Å². The molecule has 0 bridgehead atoms. The third kappa shape index (κ3) is 3.66. The number of hydrogen-bond donors (Lipinski definition) is 0. The summed E-state index contributed by atoms with van der Waals surface area (Å²) in [6.45, 7) is 2.70. The van der Waals surface area contributed by atoms with E-state index < -0.39 is 6.04 Å². The quantitative estimate of drug-likeness (QED) is 0.573. The summed E-state index contributed by atoms with van der Waals surface area (Å²) in [6, 6.07) is 6.92. The van der Waals surface area contributed by atoms with Gasteiger partial charge in [-0.2, -0.15) is 11.8 Å². The van der Waals surface area contributed by atoms with Gasteiger partial charge in [0.2, 0.25) is 0 Å². The summed E-state index contributed by atoms with van der Waals surface area (Å²) in [5.74, 6) is 1.05. The second-order valence-corrected chi connectivity index (χ2v) is 6.74. The zero-order valence-corrected chi connectivity index (χ0v) is 14.1. The molecule has 1 atom stereocenters. The Labute approximate surface area is 136 Å². The Morgan fingerprint density at radius 3 is 2.75 bits per heavy atom. The number of halogens is 1. The fraction of sp³-hybridized carbons (Fsp3) is 0.429. The molecule has 1 amide bonds. The molecule has 1 saturated heterocycles. The largest absolute Gasteiger partial charge is 0.464 e. The lowest BCUT2D eigenvalue weighted by Crippen LogP contribution is -2.51. The highest BCUT2D eigenvalue weighted by Crippen LogP contribution is 2.20. The van der Waals surface area contributed by atoms with Crippen molar-refractivity contribution in [3.05, 3.63) is 33.4 Å². The topological polar surface area (TPSA) is 46.6 Å². The minimum Gasteiger partial charge on any atom is -0.464 e. The SMILES string of the molecule is CCOC(=O)C1CSCCN1C(=O)c1ccc(I)cc1. The van der Waals surface area contributed by atoms with Crippen LogP contribution in [-0.4, -0.2) is 47.5 Å². The molecule has 1 aliphatic rings. The Balaban J connectivity index is 2.16. The van der Waals surface area contributed by atoms with E-state index in [1.807, 2.05) is 12.1 Å². The van der Waals surface area contributed by atoms with Crippen LogP contribution in [0.1, 0.15) is 17.3 Å². The molecule has 0 aliphatic carbocycles. The third-order valence-electron chi connectivity index (χ3n) is 3.04. The van der Waals surface area contributed by atoms with Gasteiger partial charge in [-0.3, -0.25) is 4.79 Å². The van der Waals surface area contributed by atoms with Gasteiger partial charge in [-0.1, -0.05) is 0 Å². The number of ether oxygens (including phenoxy) is 1. The van der Waals surface area contributed by atoms with E-state index in [1.54, 1.807) is 35.7 Å². The summed E-state index contributed by atoms with van der Waals surface area (Å²) in [5.41, 5.74) is 0.617. The summed E-state index contributed by atoms with van der Waals surface area (Å²) < 4.78 is 6.15. The second-order valence-electron chi connectivity index (χ2n) is 4.35. The zero-order chi connectivity index (χ0) is 14.5. The van der Waals surface area contributed by atoms with Crippen molar-refractivity contribution >= 4 is 46.2 Å². The van der Waals surface area contributed by atoms with Crippen molar-refractivity contribution < 1.29 is 14.3 Å². The van der Waals surface area contributed by atoms with Crippen LogP contribution in [0.3, 0.4) is 0 Å². The average molecular weight is 405 g/mol. The van der Waals surface area contributed by atoms with E-state index in [9.17, 15) is 9.59 Å². The molecule has 0 spiro atoms. The van der Waals surface area contributed by atoms with Crippen LogP contribution in [0.5, 0.6) is 0 Å². The Hall–Kier alpha value is -0.760. The van der Waals surface area contributed by atoms with Gasteiger partial charge in [0, 0.05) is 27.2 Å². The number of carbonyl (C=O) groups is 2. The molecular weight excluding hydrogens is 389 g/mol. The van der Waals surface area contributed by atoms with Crippen molar-refractivity contribution in [3.8, 4) is 0 Å². The molecular formula is C14H16INO3S. The molecule has 1 aromatic rings. The molecule has 0 aromatic heterocycles. The maximum atomic E-state index is 12.5. The smallest absolute Gasteiger partial charge is 0.329 e. The molecule has 1 unspecified atom stereocenters. The maximum absolute atomic E-state index is 12.5. The van der Waals surface area contributed by atoms with E-state index in [1.165, 1.54) is 0 Å². The average Bonchev–Trinajstić information content (AvgIpc) is 2.47. The standard InChI is InChI=1S/C14H16INO3S/c1-2-19-14(18)12-9-20-8-7-16(12)13(17)10-3-5-11(15)6-4-10/h3-6,12H,2,7-9H2,1H3. The van der Waals surface area contributed by atoms with Crippen molar-refractivity contribution in [3.63, 3.8) is 0 Å². The van der Waals surface area contributed by atoms with E-state index in [0.29, 0.717) is 24.5 Å². The van der Waals surface area contributed by atoms with Crippen molar-refractivity contribution in [2.24, 2.45) is 0 Å². The van der Waals surface area contributed by atoms with Crippen molar-refractivity contribution in [1.29, 1.82) is 0 Å². The molecule has 20 heavy (non-hydrogen) atoms. The number of hydrogen-bond acceptors (Lipinski definition) is 4. The summed E-state index contributed by atoms with van der Waals surface area (Å²) in [7, 11) is 0. The lowest BCUT2D eigenvalue weighted by molar-refractivity contribution is -0.147. The maximum Gasteiger partial charge on any atom is 0.329 e. The molecule has 6 heteroatoms. The van der Waals surface area contributed by atoms with Gasteiger partial charge in [-0.25, -0.2) is 4.79 Å². The van der Waals surface area contributed by atoms with Gasteiger partial charge in [-0.05, 0) is 53.8 Å². The van der Waals surface area contributed by atoms with E-state index in [-0.39, 0.29) is 11.9 Å². The zero-order valence-electron chi connectivity index (χ0n) is 11.2. The number of carbonyl (C=O) groups excluding carboxylic acids is 2. The molecule has 1 aliphatic heterocycles. The molecule has 1 heterocycles. The molecule has 4 nitrogen and oxygen atoms in total. The van der Waals surface area contributed by atoms with Gasteiger partial charge < -0.3 is 9.64 Å². The number of thioether (sulfide) groups is 1. The minimum absolute atomic E-state index is 0.0975. The summed E-state index contributed by atoms with van der Waals surface area (Å²) >= 11 is 3.88. The molecule has 2 rings (SSSR count). The van der Waals surface area contributed by atoms with Gasteiger partial charge >= 0.3 is 5.97 Å².